The van der Waals surface area contributed by atoms with Crippen molar-refractivity contribution < 1.29 is 14.4 Å². The van der Waals surface area contributed by atoms with Gasteiger partial charge < -0.3 is 15.5 Å². The summed E-state index contributed by atoms with van der Waals surface area (Å²) < 4.78 is 0. The second-order valence-corrected chi connectivity index (χ2v) is 7.41. The number of hydrogen-bond acceptors (Lipinski definition) is 5. The van der Waals surface area contributed by atoms with Crippen LogP contribution in [0.15, 0.2) is 41.9 Å². The Kier molecular flexibility index (Phi) is 6.18. The SMILES string of the molecule is CC(CC(=O)N1CCCC1C(=O)Nc1nccs1)NC(=O)c1ccccc1. The quantitative estimate of drug-likeness (QED) is 0.797. The first-order valence-corrected chi connectivity index (χ1v) is 9.78. The van der Waals surface area contributed by atoms with E-state index in [-0.39, 0.29) is 30.2 Å². The predicted molar refractivity (Wildman–Crippen MR) is 103 cm³/mol. The summed E-state index contributed by atoms with van der Waals surface area (Å²) in [6.07, 6.45) is 3.19. The van der Waals surface area contributed by atoms with Crippen molar-refractivity contribution >= 4 is 34.2 Å². The summed E-state index contributed by atoms with van der Waals surface area (Å²) in [7, 11) is 0. The molecule has 2 unspecified atom stereocenters. The lowest BCUT2D eigenvalue weighted by Crippen LogP contribution is -2.45. The predicted octanol–water partition coefficient (Wildman–Crippen LogP) is 2.28. The third-order valence-electron chi connectivity index (χ3n) is 4.43. The zero-order valence-corrected chi connectivity index (χ0v) is 15.9. The van der Waals surface area contributed by atoms with E-state index >= 15 is 0 Å². The van der Waals surface area contributed by atoms with Crippen LogP contribution >= 0.6 is 11.3 Å². The number of rotatable bonds is 6. The van der Waals surface area contributed by atoms with Crippen LogP contribution in [-0.2, 0) is 9.59 Å². The van der Waals surface area contributed by atoms with E-state index in [0.29, 0.717) is 23.7 Å². The van der Waals surface area contributed by atoms with Gasteiger partial charge in [-0.3, -0.25) is 14.4 Å². The monoisotopic (exact) mass is 386 g/mol. The fraction of sp³-hybridized carbons (Fsp3) is 0.368. The highest BCUT2D eigenvalue weighted by atomic mass is 32.1. The summed E-state index contributed by atoms with van der Waals surface area (Å²) in [6, 6.07) is 8.06. The second-order valence-electron chi connectivity index (χ2n) is 6.52. The molecule has 1 aromatic carbocycles. The molecule has 3 rings (SSSR count). The Balaban J connectivity index is 1.54. The molecule has 142 valence electrons. The molecule has 1 fully saturated rings. The Hall–Kier alpha value is -2.74. The van der Waals surface area contributed by atoms with Crippen molar-refractivity contribution in [1.29, 1.82) is 0 Å². The van der Waals surface area contributed by atoms with Gasteiger partial charge in [-0.2, -0.15) is 0 Å². The van der Waals surface area contributed by atoms with Crippen molar-refractivity contribution in [3.05, 3.63) is 47.5 Å². The number of benzene rings is 1. The minimum absolute atomic E-state index is 0.132. The van der Waals surface area contributed by atoms with Gasteiger partial charge in [-0.15, -0.1) is 11.3 Å². The average Bonchev–Trinajstić information content (AvgIpc) is 3.34. The molecule has 2 N–H and O–H groups in total. The van der Waals surface area contributed by atoms with Crippen LogP contribution in [0.25, 0.3) is 0 Å². The highest BCUT2D eigenvalue weighted by Gasteiger charge is 2.34. The topological polar surface area (TPSA) is 91.4 Å². The maximum absolute atomic E-state index is 12.7. The molecule has 2 heterocycles. The first-order valence-electron chi connectivity index (χ1n) is 8.90. The van der Waals surface area contributed by atoms with Gasteiger partial charge in [-0.1, -0.05) is 18.2 Å². The zero-order valence-electron chi connectivity index (χ0n) is 15.1. The molecule has 0 bridgehead atoms. The van der Waals surface area contributed by atoms with Crippen LogP contribution in [0.5, 0.6) is 0 Å². The summed E-state index contributed by atoms with van der Waals surface area (Å²) in [4.78, 5) is 43.0. The summed E-state index contributed by atoms with van der Waals surface area (Å²) in [5, 5.41) is 7.91. The third-order valence-corrected chi connectivity index (χ3v) is 5.12. The van der Waals surface area contributed by atoms with Gasteiger partial charge in [0, 0.05) is 36.1 Å². The number of hydrogen-bond donors (Lipinski definition) is 2. The molecule has 7 nitrogen and oxygen atoms in total. The minimum atomic E-state index is -0.488. The number of nitrogens with zero attached hydrogens (tertiary/aromatic N) is 2. The van der Waals surface area contributed by atoms with Crippen LogP contribution in [0.2, 0.25) is 0 Å². The van der Waals surface area contributed by atoms with Gasteiger partial charge in [0.2, 0.25) is 11.8 Å². The molecule has 3 amide bonds. The lowest BCUT2D eigenvalue weighted by Gasteiger charge is -2.25. The van der Waals surface area contributed by atoms with Crippen LogP contribution < -0.4 is 10.6 Å². The molecular formula is C19H22N4O3S. The number of carbonyl (C=O) groups is 3. The van der Waals surface area contributed by atoms with Crippen molar-refractivity contribution in [2.24, 2.45) is 0 Å². The van der Waals surface area contributed by atoms with Crippen molar-refractivity contribution in [2.45, 2.75) is 38.3 Å². The highest BCUT2D eigenvalue weighted by molar-refractivity contribution is 7.13. The average molecular weight is 386 g/mol. The molecule has 8 heteroatoms. The van der Waals surface area contributed by atoms with E-state index in [1.165, 1.54) is 11.3 Å². The second kappa shape index (κ2) is 8.77. The number of nitrogens with one attached hydrogen (secondary N) is 2. The number of carbonyl (C=O) groups excluding carboxylic acids is 3. The molecule has 1 aliphatic rings. The summed E-state index contributed by atoms with van der Waals surface area (Å²) in [6.45, 7) is 2.34. The molecule has 1 aromatic heterocycles. The van der Waals surface area contributed by atoms with Gasteiger partial charge >= 0.3 is 0 Å². The Morgan fingerprint density at radius 3 is 2.78 bits per heavy atom. The molecule has 2 aromatic rings. The maximum Gasteiger partial charge on any atom is 0.251 e. The van der Waals surface area contributed by atoms with Gasteiger partial charge in [0.25, 0.3) is 5.91 Å². The number of aromatic nitrogens is 1. The Labute approximate surface area is 161 Å². The molecule has 0 radical (unpaired) electrons. The summed E-state index contributed by atoms with van der Waals surface area (Å²) >= 11 is 1.34. The van der Waals surface area contributed by atoms with Crippen LogP contribution in [-0.4, -0.2) is 46.2 Å². The van der Waals surface area contributed by atoms with Gasteiger partial charge in [0.1, 0.15) is 6.04 Å². The molecular weight excluding hydrogens is 364 g/mol. The van der Waals surface area contributed by atoms with Crippen molar-refractivity contribution in [1.82, 2.24) is 15.2 Å². The highest BCUT2D eigenvalue weighted by Crippen LogP contribution is 2.21. The van der Waals surface area contributed by atoms with Crippen LogP contribution in [0, 0.1) is 0 Å². The smallest absolute Gasteiger partial charge is 0.251 e. The van der Waals surface area contributed by atoms with Gasteiger partial charge in [-0.05, 0) is 31.9 Å². The van der Waals surface area contributed by atoms with E-state index < -0.39 is 6.04 Å². The standard InChI is InChI=1S/C19H22N4O3S/c1-13(21-17(25)14-6-3-2-4-7-14)12-16(24)23-10-5-8-15(23)18(26)22-19-20-9-11-27-19/h2-4,6-7,9,11,13,15H,5,8,10,12H2,1H3,(H,21,25)(H,20,22,26). The lowest BCUT2D eigenvalue weighted by atomic mass is 10.1. The fourth-order valence-electron chi connectivity index (χ4n) is 3.14. The summed E-state index contributed by atoms with van der Waals surface area (Å²) in [5.41, 5.74) is 0.554. The van der Waals surface area contributed by atoms with E-state index in [9.17, 15) is 14.4 Å². The Morgan fingerprint density at radius 1 is 1.30 bits per heavy atom. The van der Waals surface area contributed by atoms with Crippen LogP contribution in [0.3, 0.4) is 0 Å². The maximum atomic E-state index is 12.7. The van der Waals surface area contributed by atoms with Crippen LogP contribution in [0.4, 0.5) is 5.13 Å². The van der Waals surface area contributed by atoms with Gasteiger partial charge in [0.05, 0.1) is 0 Å². The zero-order chi connectivity index (χ0) is 19.2. The first kappa shape index (κ1) is 19.0. The number of likely N-dealkylation sites (tertiary alicyclic amines) is 1. The van der Waals surface area contributed by atoms with Crippen molar-refractivity contribution in [2.75, 3.05) is 11.9 Å². The van der Waals surface area contributed by atoms with Gasteiger partial charge in [-0.25, -0.2) is 4.98 Å². The molecule has 0 aliphatic carbocycles. The molecule has 1 aliphatic heterocycles. The third kappa shape index (κ3) is 4.91. The number of anilines is 1. The van der Waals surface area contributed by atoms with E-state index in [2.05, 4.69) is 15.6 Å². The molecule has 27 heavy (non-hydrogen) atoms. The van der Waals surface area contributed by atoms with E-state index in [4.69, 9.17) is 0 Å². The van der Waals surface area contributed by atoms with Crippen molar-refractivity contribution in [3.8, 4) is 0 Å². The summed E-state index contributed by atoms with van der Waals surface area (Å²) in [5.74, 6) is -0.556. The fourth-order valence-corrected chi connectivity index (χ4v) is 3.67. The molecule has 1 saturated heterocycles. The number of thiazole rings is 1. The normalized spacial score (nSPS) is 17.4. The van der Waals surface area contributed by atoms with Crippen molar-refractivity contribution in [3.63, 3.8) is 0 Å². The first-order chi connectivity index (χ1) is 13.0. The molecule has 2 atom stereocenters. The van der Waals surface area contributed by atoms with E-state index in [1.54, 1.807) is 47.7 Å². The minimum Gasteiger partial charge on any atom is -0.349 e. The van der Waals surface area contributed by atoms with Crippen LogP contribution in [0.1, 0.15) is 36.5 Å². The van der Waals surface area contributed by atoms with E-state index in [0.717, 1.165) is 6.42 Å². The molecule has 0 spiro atoms. The van der Waals surface area contributed by atoms with Gasteiger partial charge in [0.15, 0.2) is 5.13 Å². The lowest BCUT2D eigenvalue weighted by molar-refractivity contribution is -0.136. The molecule has 0 saturated carbocycles. The number of amides is 3. The Morgan fingerprint density at radius 2 is 2.07 bits per heavy atom. The Bertz CT molecular complexity index is 795. The largest absolute Gasteiger partial charge is 0.349 e. The van der Waals surface area contributed by atoms with E-state index in [1.807, 2.05) is 6.07 Å².